The number of benzene rings is 1. The molecule has 0 radical (unpaired) electrons. The molecule has 1 aliphatic heterocycles. The predicted molar refractivity (Wildman–Crippen MR) is 84.1 cm³/mol. The topological polar surface area (TPSA) is 46.3 Å². The molecule has 6 heteroatoms. The lowest BCUT2D eigenvalue weighted by Crippen LogP contribution is -2.47. The van der Waals surface area contributed by atoms with Crippen molar-refractivity contribution < 1.29 is 4.79 Å². The number of halogens is 2. The minimum atomic E-state index is -0.442. The molecule has 0 aromatic heterocycles. The van der Waals surface area contributed by atoms with Crippen LogP contribution in [0.4, 0.5) is 0 Å². The molecule has 1 fully saturated rings. The van der Waals surface area contributed by atoms with E-state index < -0.39 is 6.04 Å². The molecule has 2 atom stereocenters. The molecular formula is C13H18Cl2N2OS. The fourth-order valence-corrected chi connectivity index (χ4v) is 3.30. The molecule has 1 amide bonds. The molecule has 1 saturated heterocycles. The second-order valence-corrected chi connectivity index (χ2v) is 6.05. The van der Waals surface area contributed by atoms with Crippen molar-refractivity contribution in [3.05, 3.63) is 34.9 Å². The summed E-state index contributed by atoms with van der Waals surface area (Å²) in [6.07, 6.45) is 0. The van der Waals surface area contributed by atoms with E-state index in [0.29, 0.717) is 5.02 Å². The number of rotatable bonds is 2. The predicted octanol–water partition coefficient (Wildman–Crippen LogP) is 2.73. The standard InChI is InChI=1S/C13H17ClN2OS.ClH/c1-9(15)13(17)16-6-7-18-8-12(16)10-2-4-11(14)5-3-10;/h2-5,9,12H,6-8,15H2,1H3;1H/t9-,12?;/m0./s1. The third-order valence-electron chi connectivity index (χ3n) is 3.06. The van der Waals surface area contributed by atoms with E-state index in [-0.39, 0.29) is 24.4 Å². The van der Waals surface area contributed by atoms with Crippen molar-refractivity contribution in [3.8, 4) is 0 Å². The van der Waals surface area contributed by atoms with E-state index in [1.807, 2.05) is 40.9 Å². The summed E-state index contributed by atoms with van der Waals surface area (Å²) < 4.78 is 0. The highest BCUT2D eigenvalue weighted by Gasteiger charge is 2.29. The van der Waals surface area contributed by atoms with Gasteiger partial charge in [-0.15, -0.1) is 12.4 Å². The fraction of sp³-hybridized carbons (Fsp3) is 0.462. The first-order valence-electron chi connectivity index (χ1n) is 5.99. The van der Waals surface area contributed by atoms with Gasteiger partial charge in [0.05, 0.1) is 12.1 Å². The molecule has 0 bridgehead atoms. The number of nitrogens with two attached hydrogens (primary N) is 1. The van der Waals surface area contributed by atoms with Gasteiger partial charge >= 0.3 is 0 Å². The molecule has 1 unspecified atom stereocenters. The zero-order valence-corrected chi connectivity index (χ0v) is 13.1. The van der Waals surface area contributed by atoms with Crippen LogP contribution >= 0.6 is 35.8 Å². The highest BCUT2D eigenvalue weighted by molar-refractivity contribution is 7.99. The summed E-state index contributed by atoms with van der Waals surface area (Å²) in [7, 11) is 0. The summed E-state index contributed by atoms with van der Waals surface area (Å²) >= 11 is 7.76. The molecule has 0 spiro atoms. The summed E-state index contributed by atoms with van der Waals surface area (Å²) in [4.78, 5) is 14.0. The van der Waals surface area contributed by atoms with E-state index >= 15 is 0 Å². The largest absolute Gasteiger partial charge is 0.333 e. The first-order chi connectivity index (χ1) is 8.59. The third-order valence-corrected chi connectivity index (χ3v) is 4.33. The van der Waals surface area contributed by atoms with Crippen LogP contribution in [0.1, 0.15) is 18.5 Å². The van der Waals surface area contributed by atoms with Gasteiger partial charge in [0.1, 0.15) is 0 Å². The zero-order valence-electron chi connectivity index (χ0n) is 10.7. The lowest BCUT2D eigenvalue weighted by Gasteiger charge is -2.36. The van der Waals surface area contributed by atoms with E-state index in [9.17, 15) is 4.79 Å². The Kier molecular flexibility index (Phi) is 6.47. The zero-order chi connectivity index (χ0) is 13.1. The number of hydrogen-bond donors (Lipinski definition) is 1. The van der Waals surface area contributed by atoms with Crippen LogP contribution in [-0.4, -0.2) is 34.9 Å². The Balaban J connectivity index is 0.00000180. The van der Waals surface area contributed by atoms with Gasteiger partial charge in [-0.05, 0) is 24.6 Å². The number of carbonyl (C=O) groups excluding carboxylic acids is 1. The van der Waals surface area contributed by atoms with Gasteiger partial charge in [-0.1, -0.05) is 23.7 Å². The average Bonchev–Trinajstić information content (AvgIpc) is 2.39. The van der Waals surface area contributed by atoms with Gasteiger partial charge < -0.3 is 10.6 Å². The average molecular weight is 321 g/mol. The lowest BCUT2D eigenvalue weighted by molar-refractivity contribution is -0.134. The van der Waals surface area contributed by atoms with Crippen LogP contribution < -0.4 is 5.73 Å². The van der Waals surface area contributed by atoms with Gasteiger partial charge in [0, 0.05) is 23.1 Å². The molecule has 19 heavy (non-hydrogen) atoms. The summed E-state index contributed by atoms with van der Waals surface area (Å²) in [6.45, 7) is 2.50. The van der Waals surface area contributed by atoms with E-state index in [1.54, 1.807) is 6.92 Å². The molecule has 106 valence electrons. The van der Waals surface area contributed by atoms with Crippen molar-refractivity contribution in [3.63, 3.8) is 0 Å². The maximum atomic E-state index is 12.1. The van der Waals surface area contributed by atoms with Crippen LogP contribution in [0.3, 0.4) is 0 Å². The number of carbonyl (C=O) groups is 1. The Morgan fingerprint density at radius 2 is 2.11 bits per heavy atom. The third kappa shape index (κ3) is 4.02. The summed E-state index contributed by atoms with van der Waals surface area (Å²) in [5.74, 6) is 1.91. The maximum absolute atomic E-state index is 12.1. The Morgan fingerprint density at radius 1 is 1.47 bits per heavy atom. The maximum Gasteiger partial charge on any atom is 0.239 e. The molecule has 2 N–H and O–H groups in total. The van der Waals surface area contributed by atoms with Gasteiger partial charge in [-0.2, -0.15) is 11.8 Å². The van der Waals surface area contributed by atoms with Crippen molar-refractivity contribution in [2.45, 2.75) is 19.0 Å². The highest BCUT2D eigenvalue weighted by atomic mass is 35.5. The first kappa shape index (κ1) is 16.6. The van der Waals surface area contributed by atoms with Gasteiger partial charge in [-0.25, -0.2) is 0 Å². The van der Waals surface area contributed by atoms with Crippen molar-refractivity contribution in [1.82, 2.24) is 4.90 Å². The van der Waals surface area contributed by atoms with Gasteiger partial charge in [0.25, 0.3) is 0 Å². The highest BCUT2D eigenvalue weighted by Crippen LogP contribution is 2.30. The Labute approximate surface area is 129 Å². The van der Waals surface area contributed by atoms with Crippen molar-refractivity contribution in [1.29, 1.82) is 0 Å². The number of amides is 1. The van der Waals surface area contributed by atoms with Crippen LogP contribution in [0.2, 0.25) is 5.02 Å². The van der Waals surface area contributed by atoms with Crippen molar-refractivity contribution >= 4 is 41.7 Å². The second-order valence-electron chi connectivity index (χ2n) is 4.46. The lowest BCUT2D eigenvalue weighted by atomic mass is 10.1. The molecule has 1 aromatic rings. The number of thioether (sulfide) groups is 1. The monoisotopic (exact) mass is 320 g/mol. The fourth-order valence-electron chi connectivity index (χ4n) is 2.09. The minimum absolute atomic E-state index is 0. The number of nitrogens with zero attached hydrogens (tertiary/aromatic N) is 1. The molecule has 2 rings (SSSR count). The van der Waals surface area contributed by atoms with E-state index in [0.717, 1.165) is 23.6 Å². The molecule has 1 heterocycles. The Bertz CT molecular complexity index is 425. The SMILES string of the molecule is C[C@H](N)C(=O)N1CCSCC1c1ccc(Cl)cc1.Cl. The van der Waals surface area contributed by atoms with E-state index in [4.69, 9.17) is 17.3 Å². The summed E-state index contributed by atoms with van der Waals surface area (Å²) in [6, 6.07) is 7.37. The Hall–Kier alpha value is -0.420. The van der Waals surface area contributed by atoms with Gasteiger partial charge in [0.2, 0.25) is 5.91 Å². The minimum Gasteiger partial charge on any atom is -0.333 e. The molecule has 1 aliphatic rings. The Morgan fingerprint density at radius 3 is 2.68 bits per heavy atom. The van der Waals surface area contributed by atoms with Crippen LogP contribution in [0.15, 0.2) is 24.3 Å². The summed E-state index contributed by atoms with van der Waals surface area (Å²) in [5, 5.41) is 0.715. The van der Waals surface area contributed by atoms with Gasteiger partial charge in [0.15, 0.2) is 0 Å². The van der Waals surface area contributed by atoms with Crippen molar-refractivity contribution in [2.75, 3.05) is 18.1 Å². The van der Waals surface area contributed by atoms with Crippen LogP contribution in [0.25, 0.3) is 0 Å². The smallest absolute Gasteiger partial charge is 0.239 e. The normalized spacial score (nSPS) is 20.6. The van der Waals surface area contributed by atoms with Gasteiger partial charge in [-0.3, -0.25) is 4.79 Å². The number of hydrogen-bond acceptors (Lipinski definition) is 3. The quantitative estimate of drug-likeness (QED) is 0.911. The van der Waals surface area contributed by atoms with Crippen molar-refractivity contribution in [2.24, 2.45) is 5.73 Å². The first-order valence-corrected chi connectivity index (χ1v) is 7.52. The van der Waals surface area contributed by atoms with Crippen LogP contribution in [0.5, 0.6) is 0 Å². The van der Waals surface area contributed by atoms with Crippen LogP contribution in [0, 0.1) is 0 Å². The summed E-state index contributed by atoms with van der Waals surface area (Å²) in [5.41, 5.74) is 6.84. The second kappa shape index (κ2) is 7.39. The molecule has 3 nitrogen and oxygen atoms in total. The molecule has 0 saturated carbocycles. The van der Waals surface area contributed by atoms with Crippen LogP contribution in [-0.2, 0) is 4.79 Å². The van der Waals surface area contributed by atoms with E-state index in [2.05, 4.69) is 0 Å². The molecule has 1 aromatic carbocycles. The molecule has 0 aliphatic carbocycles. The molecular weight excluding hydrogens is 303 g/mol. The van der Waals surface area contributed by atoms with E-state index in [1.165, 1.54) is 0 Å².